The minimum atomic E-state index is -1.16. The van der Waals surface area contributed by atoms with E-state index in [-0.39, 0.29) is 18.3 Å². The fraction of sp³-hybridized carbons (Fsp3) is 0.312. The lowest BCUT2D eigenvalue weighted by Gasteiger charge is -2.11. The lowest BCUT2D eigenvalue weighted by Crippen LogP contribution is -2.33. The summed E-state index contributed by atoms with van der Waals surface area (Å²) in [7, 11) is 0. The monoisotopic (exact) mass is 335 g/mol. The quantitative estimate of drug-likeness (QED) is 0.300. The third-order valence-corrected chi connectivity index (χ3v) is 3.07. The Morgan fingerprint density at radius 1 is 1.33 bits per heavy atom. The van der Waals surface area contributed by atoms with Crippen molar-refractivity contribution < 1.29 is 24.5 Å². The molecular weight excluding hydrogens is 314 g/mol. The number of amidine groups is 1. The molecule has 1 aromatic carbocycles. The molecule has 8 nitrogen and oxygen atoms in total. The number of aliphatic hydroxyl groups is 2. The second-order valence-corrected chi connectivity index (χ2v) is 4.94. The number of rotatable bonds is 6. The molecule has 0 saturated heterocycles. The summed E-state index contributed by atoms with van der Waals surface area (Å²) in [6, 6.07) is 6.33. The Morgan fingerprint density at radius 2 is 1.96 bits per heavy atom. The van der Waals surface area contributed by atoms with Crippen LogP contribution >= 0.6 is 0 Å². The molecule has 0 bridgehead atoms. The SMILES string of the molecule is C/C=C(\C)C(=O)Nc1ccc(C(=N)NC(=O)OCC(O)CO)cc1. The summed E-state index contributed by atoms with van der Waals surface area (Å²) in [5, 5.41) is 30.4. The van der Waals surface area contributed by atoms with Crippen LogP contribution in [-0.4, -0.2) is 47.4 Å². The van der Waals surface area contributed by atoms with Crippen molar-refractivity contribution >= 4 is 23.5 Å². The Balaban J connectivity index is 2.57. The summed E-state index contributed by atoms with van der Waals surface area (Å²) < 4.78 is 4.64. The van der Waals surface area contributed by atoms with Gasteiger partial charge in [0.1, 0.15) is 18.5 Å². The summed E-state index contributed by atoms with van der Waals surface area (Å²) in [4.78, 5) is 23.2. The van der Waals surface area contributed by atoms with Crippen molar-refractivity contribution in [2.75, 3.05) is 18.5 Å². The molecule has 0 radical (unpaired) electrons. The van der Waals surface area contributed by atoms with Crippen LogP contribution in [0.25, 0.3) is 0 Å². The Bertz CT molecular complexity index is 625. The zero-order valence-electron chi connectivity index (χ0n) is 13.5. The number of aliphatic hydroxyl groups excluding tert-OH is 2. The fourth-order valence-electron chi connectivity index (χ4n) is 1.52. The lowest BCUT2D eigenvalue weighted by atomic mass is 10.2. The number of carbonyl (C=O) groups excluding carboxylic acids is 2. The molecule has 1 unspecified atom stereocenters. The highest BCUT2D eigenvalue weighted by Crippen LogP contribution is 2.11. The Hall–Kier alpha value is -2.71. The minimum Gasteiger partial charge on any atom is -0.446 e. The number of alkyl carbamates (subject to hydrolysis) is 1. The highest BCUT2D eigenvalue weighted by atomic mass is 16.6. The van der Waals surface area contributed by atoms with Crippen molar-refractivity contribution in [3.8, 4) is 0 Å². The number of hydrogen-bond donors (Lipinski definition) is 5. The normalized spacial score (nSPS) is 12.2. The number of anilines is 1. The maximum absolute atomic E-state index is 11.7. The van der Waals surface area contributed by atoms with E-state index in [1.807, 2.05) is 0 Å². The number of carbonyl (C=O) groups is 2. The molecule has 0 aromatic heterocycles. The summed E-state index contributed by atoms with van der Waals surface area (Å²) >= 11 is 0. The van der Waals surface area contributed by atoms with Crippen LogP contribution in [0.2, 0.25) is 0 Å². The molecule has 0 aliphatic carbocycles. The highest BCUT2D eigenvalue weighted by molar-refractivity contribution is 6.05. The van der Waals surface area contributed by atoms with Crippen molar-refractivity contribution in [2.45, 2.75) is 20.0 Å². The van der Waals surface area contributed by atoms with Crippen LogP contribution in [0.15, 0.2) is 35.9 Å². The minimum absolute atomic E-state index is 0.194. The fourth-order valence-corrected chi connectivity index (χ4v) is 1.52. The molecule has 8 heteroatoms. The van der Waals surface area contributed by atoms with Crippen molar-refractivity contribution in [1.82, 2.24) is 5.32 Å². The number of ether oxygens (including phenoxy) is 1. The van der Waals surface area contributed by atoms with Crippen LogP contribution in [0, 0.1) is 5.41 Å². The van der Waals surface area contributed by atoms with Crippen LogP contribution in [-0.2, 0) is 9.53 Å². The van der Waals surface area contributed by atoms with Gasteiger partial charge in [-0.2, -0.15) is 0 Å². The Labute approximate surface area is 139 Å². The third-order valence-electron chi connectivity index (χ3n) is 3.07. The van der Waals surface area contributed by atoms with Gasteiger partial charge in [-0.3, -0.25) is 15.5 Å². The molecule has 1 aromatic rings. The van der Waals surface area contributed by atoms with Gasteiger partial charge in [-0.25, -0.2) is 4.79 Å². The number of hydrogen-bond acceptors (Lipinski definition) is 6. The second-order valence-electron chi connectivity index (χ2n) is 4.94. The van der Waals surface area contributed by atoms with E-state index in [9.17, 15) is 9.59 Å². The molecule has 0 fully saturated rings. The van der Waals surface area contributed by atoms with Gasteiger partial charge in [0.05, 0.1) is 6.61 Å². The molecule has 0 aliphatic rings. The topological polar surface area (TPSA) is 132 Å². The zero-order valence-corrected chi connectivity index (χ0v) is 13.5. The third kappa shape index (κ3) is 6.19. The molecule has 2 amide bonds. The van der Waals surface area contributed by atoms with Crippen LogP contribution in [0.5, 0.6) is 0 Å². The largest absolute Gasteiger partial charge is 0.446 e. The van der Waals surface area contributed by atoms with E-state index in [0.717, 1.165) is 0 Å². The van der Waals surface area contributed by atoms with Crippen molar-refractivity contribution in [3.05, 3.63) is 41.5 Å². The predicted molar refractivity (Wildman–Crippen MR) is 88.9 cm³/mol. The molecule has 0 saturated carbocycles. The standard InChI is InChI=1S/C16H21N3O5/c1-3-10(2)15(22)18-12-6-4-11(5-7-12)14(17)19-16(23)24-9-13(21)8-20/h3-7,13,20-21H,8-9H2,1-2H3,(H,18,22)(H2,17,19,23)/b10-3+. The molecule has 5 N–H and O–H groups in total. The zero-order chi connectivity index (χ0) is 18.1. The van der Waals surface area contributed by atoms with Gasteiger partial charge in [0, 0.05) is 16.8 Å². The van der Waals surface area contributed by atoms with E-state index in [0.29, 0.717) is 16.8 Å². The number of amides is 2. The first kappa shape index (κ1) is 19.3. The van der Waals surface area contributed by atoms with Crippen molar-refractivity contribution in [2.24, 2.45) is 0 Å². The lowest BCUT2D eigenvalue weighted by molar-refractivity contribution is -0.112. The maximum Gasteiger partial charge on any atom is 0.412 e. The van der Waals surface area contributed by atoms with Gasteiger partial charge >= 0.3 is 6.09 Å². The van der Waals surface area contributed by atoms with E-state index < -0.39 is 18.8 Å². The van der Waals surface area contributed by atoms with Crippen molar-refractivity contribution in [1.29, 1.82) is 5.41 Å². The van der Waals surface area contributed by atoms with E-state index in [1.54, 1.807) is 44.2 Å². The number of benzene rings is 1. The van der Waals surface area contributed by atoms with Gasteiger partial charge < -0.3 is 20.3 Å². The highest BCUT2D eigenvalue weighted by Gasteiger charge is 2.11. The average molecular weight is 335 g/mol. The second kappa shape index (κ2) is 9.43. The van der Waals surface area contributed by atoms with Gasteiger partial charge in [-0.05, 0) is 38.1 Å². The van der Waals surface area contributed by atoms with Gasteiger partial charge in [0.15, 0.2) is 0 Å². The van der Waals surface area contributed by atoms with E-state index in [1.165, 1.54) is 0 Å². The molecule has 1 atom stereocenters. The smallest absolute Gasteiger partial charge is 0.412 e. The average Bonchev–Trinajstić information content (AvgIpc) is 2.59. The summed E-state index contributed by atoms with van der Waals surface area (Å²) in [5.74, 6) is -0.412. The predicted octanol–water partition coefficient (Wildman–Crippen LogP) is 0.996. The summed E-state index contributed by atoms with van der Waals surface area (Å²) in [5.41, 5.74) is 1.56. The summed E-state index contributed by atoms with van der Waals surface area (Å²) in [6.07, 6.45) is -0.370. The maximum atomic E-state index is 11.7. The molecule has 24 heavy (non-hydrogen) atoms. The first-order chi connectivity index (χ1) is 11.4. The van der Waals surface area contributed by atoms with E-state index >= 15 is 0 Å². The number of allylic oxidation sites excluding steroid dienone is 1. The van der Waals surface area contributed by atoms with Crippen LogP contribution in [0.3, 0.4) is 0 Å². The van der Waals surface area contributed by atoms with Gasteiger partial charge in [0.25, 0.3) is 5.91 Å². The Kier molecular flexibility index (Phi) is 7.60. The molecule has 1 rings (SSSR count). The van der Waals surface area contributed by atoms with E-state index in [2.05, 4.69) is 15.4 Å². The molecule has 0 aliphatic heterocycles. The van der Waals surface area contributed by atoms with Gasteiger partial charge in [-0.15, -0.1) is 0 Å². The molecule has 0 heterocycles. The first-order valence-electron chi connectivity index (χ1n) is 7.23. The van der Waals surface area contributed by atoms with Crippen LogP contribution in [0.4, 0.5) is 10.5 Å². The Morgan fingerprint density at radius 3 is 2.50 bits per heavy atom. The first-order valence-corrected chi connectivity index (χ1v) is 7.23. The van der Waals surface area contributed by atoms with Crippen molar-refractivity contribution in [3.63, 3.8) is 0 Å². The van der Waals surface area contributed by atoms with Crippen LogP contribution in [0.1, 0.15) is 19.4 Å². The number of nitrogens with one attached hydrogen (secondary N) is 3. The molecular formula is C16H21N3O5. The molecule has 0 spiro atoms. The molecule has 130 valence electrons. The van der Waals surface area contributed by atoms with Gasteiger partial charge in [0.2, 0.25) is 0 Å². The summed E-state index contributed by atoms with van der Waals surface area (Å²) in [6.45, 7) is 2.57. The van der Waals surface area contributed by atoms with Crippen LogP contribution < -0.4 is 10.6 Å². The van der Waals surface area contributed by atoms with E-state index in [4.69, 9.17) is 15.6 Å². The van der Waals surface area contributed by atoms with Gasteiger partial charge in [-0.1, -0.05) is 6.08 Å².